The average molecular weight is 147 g/mol. The standard InChI is InChI=1S/CH3N5.NO3/c2-1(3)5-6-4;2-1(3)4/h(H3,2,3);/q;-1. The van der Waals surface area contributed by atoms with E-state index >= 15 is 0 Å². The van der Waals surface area contributed by atoms with Crippen molar-refractivity contribution in [1.82, 2.24) is 0 Å². The number of nitrogens with two attached hydrogens (primary N) is 1. The summed E-state index contributed by atoms with van der Waals surface area (Å²) in [6.07, 6.45) is 0. The monoisotopic (exact) mass is 147 g/mol. The molecule has 0 fully saturated rings. The van der Waals surface area contributed by atoms with Gasteiger partial charge in [-0.05, 0) is 10.6 Å². The molecule has 0 amide bonds. The minimum absolute atomic E-state index is 0.502. The van der Waals surface area contributed by atoms with Gasteiger partial charge in [0.1, 0.15) is 0 Å². The van der Waals surface area contributed by atoms with Crippen molar-refractivity contribution in [3.05, 3.63) is 25.8 Å². The van der Waals surface area contributed by atoms with Gasteiger partial charge in [-0.25, -0.2) is 0 Å². The Balaban J connectivity index is 0. The molecule has 0 aliphatic rings. The zero-order valence-corrected chi connectivity index (χ0v) is 4.59. The Kier molecular flexibility index (Phi) is 7.59. The van der Waals surface area contributed by atoms with Crippen molar-refractivity contribution in [2.24, 2.45) is 10.8 Å². The molecule has 0 aromatic heterocycles. The maximum atomic E-state index is 8.25. The summed E-state index contributed by atoms with van der Waals surface area (Å²) in [7, 11) is 0. The van der Waals surface area contributed by atoms with E-state index < -0.39 is 11.0 Å². The smallest absolute Gasteiger partial charge is 0.179 e. The van der Waals surface area contributed by atoms with Crippen LogP contribution in [0.2, 0.25) is 0 Å². The fourth-order valence-corrected chi connectivity index (χ4v) is 0.0482. The van der Waals surface area contributed by atoms with Gasteiger partial charge in [0.15, 0.2) is 5.96 Å². The predicted molar refractivity (Wildman–Crippen MR) is 31.4 cm³/mol. The van der Waals surface area contributed by atoms with E-state index in [-0.39, 0.29) is 0 Å². The van der Waals surface area contributed by atoms with Gasteiger partial charge in [-0.15, -0.1) is 0 Å². The van der Waals surface area contributed by atoms with Crippen molar-refractivity contribution in [3.63, 3.8) is 0 Å². The Hall–Kier alpha value is -2.02. The lowest BCUT2D eigenvalue weighted by Gasteiger charge is -1.74. The van der Waals surface area contributed by atoms with Crippen molar-refractivity contribution in [2.45, 2.75) is 0 Å². The van der Waals surface area contributed by atoms with Gasteiger partial charge in [0.2, 0.25) is 0 Å². The molecule has 3 N–H and O–H groups in total. The molecule has 0 aliphatic carbocycles. The van der Waals surface area contributed by atoms with E-state index in [1.54, 1.807) is 0 Å². The quantitative estimate of drug-likeness (QED) is 0.0932. The van der Waals surface area contributed by atoms with Crippen LogP contribution in [0.1, 0.15) is 0 Å². The summed E-state index contributed by atoms with van der Waals surface area (Å²) in [5.74, 6) is -0.502. The Morgan fingerprint density at radius 2 is 2.10 bits per heavy atom. The van der Waals surface area contributed by atoms with Crippen LogP contribution < -0.4 is 5.73 Å². The molecular weight excluding hydrogens is 144 g/mol. The summed E-state index contributed by atoms with van der Waals surface area (Å²) < 4.78 is 0. The second-order valence-electron chi connectivity index (χ2n) is 0.798. The maximum absolute atomic E-state index is 8.25. The largest absolute Gasteiger partial charge is 0.382 e. The van der Waals surface area contributed by atoms with E-state index in [1.165, 1.54) is 0 Å². The van der Waals surface area contributed by atoms with Gasteiger partial charge >= 0.3 is 0 Å². The predicted octanol–water partition coefficient (Wildman–Crippen LogP) is -0.0489. The third kappa shape index (κ3) is 154. The van der Waals surface area contributed by atoms with E-state index in [4.69, 9.17) is 26.3 Å². The molecule has 0 heterocycles. The van der Waals surface area contributed by atoms with Gasteiger partial charge in [0.25, 0.3) is 0 Å². The topological polar surface area (TPSA) is 165 Å². The molecule has 0 saturated carbocycles. The first-order valence-electron chi connectivity index (χ1n) is 1.71. The van der Waals surface area contributed by atoms with Gasteiger partial charge in [-0.3, -0.25) is 5.41 Å². The molecule has 0 unspecified atom stereocenters. The molecule has 10 heavy (non-hydrogen) atoms. The van der Waals surface area contributed by atoms with Crippen molar-refractivity contribution < 1.29 is 5.09 Å². The number of hydrogen-bond donors (Lipinski definition) is 2. The fraction of sp³-hybridized carbons (Fsp3) is 0. The van der Waals surface area contributed by atoms with Crippen molar-refractivity contribution in [2.75, 3.05) is 0 Å². The molecule has 0 spiro atoms. The minimum atomic E-state index is -1.75. The summed E-state index contributed by atoms with van der Waals surface area (Å²) >= 11 is 0. The van der Waals surface area contributed by atoms with Gasteiger partial charge in [0.05, 0.1) is 5.09 Å². The molecule has 0 bridgehead atoms. The van der Waals surface area contributed by atoms with Crippen molar-refractivity contribution in [1.29, 1.82) is 5.41 Å². The maximum Gasteiger partial charge on any atom is 0.179 e. The van der Waals surface area contributed by atoms with E-state index in [9.17, 15) is 0 Å². The van der Waals surface area contributed by atoms with Crippen LogP contribution in [0.3, 0.4) is 0 Å². The Bertz CT molecular complexity index is 164. The molecule has 0 aromatic carbocycles. The van der Waals surface area contributed by atoms with Crippen LogP contribution in [0.4, 0.5) is 0 Å². The zero-order chi connectivity index (χ0) is 8.57. The Morgan fingerprint density at radius 1 is 1.80 bits per heavy atom. The third-order valence-electron chi connectivity index (χ3n) is 0.152. The molecule has 0 saturated heterocycles. The Labute approximate surface area is 54.3 Å². The van der Waals surface area contributed by atoms with Gasteiger partial charge in [-0.1, -0.05) is 0 Å². The molecule has 0 aromatic rings. The van der Waals surface area contributed by atoms with Crippen molar-refractivity contribution >= 4 is 5.96 Å². The second-order valence-corrected chi connectivity index (χ2v) is 0.798. The molecule has 0 aliphatic heterocycles. The van der Waals surface area contributed by atoms with Crippen LogP contribution in [0.5, 0.6) is 0 Å². The summed E-state index contributed by atoms with van der Waals surface area (Å²) in [4.78, 5) is 10.5. The van der Waals surface area contributed by atoms with Crippen LogP contribution >= 0.6 is 0 Å². The summed E-state index contributed by atoms with van der Waals surface area (Å²) in [5.41, 5.74) is 12.0. The van der Waals surface area contributed by atoms with Crippen LogP contribution in [-0.4, -0.2) is 11.0 Å². The van der Waals surface area contributed by atoms with E-state index in [0.29, 0.717) is 0 Å². The molecule has 0 radical (unpaired) electrons. The molecule has 0 atom stereocenters. The fourth-order valence-electron chi connectivity index (χ4n) is 0.0482. The SMILES string of the molecule is O=[N+]([O-])[O-].[N-]=[N+]=NC(=N)N. The number of azide groups is 1. The second kappa shape index (κ2) is 6.98. The lowest BCUT2D eigenvalue weighted by atomic mass is 11.1. The van der Waals surface area contributed by atoms with Crippen molar-refractivity contribution in [3.8, 4) is 0 Å². The average Bonchev–Trinajstić information content (AvgIpc) is 1.62. The molecule has 9 heteroatoms. The number of guanidine groups is 1. The van der Waals surface area contributed by atoms with Crippen LogP contribution in [-0.2, 0) is 0 Å². The van der Waals surface area contributed by atoms with E-state index in [0.717, 1.165) is 0 Å². The van der Waals surface area contributed by atoms with Crippen LogP contribution in [0.15, 0.2) is 5.11 Å². The highest BCUT2D eigenvalue weighted by atomic mass is 16.9. The van der Waals surface area contributed by atoms with E-state index in [2.05, 4.69) is 15.8 Å². The molecule has 9 nitrogen and oxygen atoms in total. The third-order valence-corrected chi connectivity index (χ3v) is 0.152. The first-order valence-corrected chi connectivity index (χ1v) is 1.71. The number of nitrogens with one attached hydrogen (secondary N) is 1. The number of nitrogens with zero attached hydrogens (tertiary/aromatic N) is 4. The summed E-state index contributed by atoms with van der Waals surface area (Å²) in [5, 5.41) is 23.7. The highest BCUT2D eigenvalue weighted by Crippen LogP contribution is 1.59. The normalized spacial score (nSPS) is 6.00. The first-order chi connectivity index (χ1) is 4.50. The van der Waals surface area contributed by atoms with Crippen LogP contribution in [0.25, 0.3) is 10.4 Å². The highest BCUT2D eigenvalue weighted by molar-refractivity contribution is 5.74. The lowest BCUT2D eigenvalue weighted by Crippen LogP contribution is -2.02. The lowest BCUT2D eigenvalue weighted by molar-refractivity contribution is -0.402. The zero-order valence-electron chi connectivity index (χ0n) is 4.59. The van der Waals surface area contributed by atoms with E-state index in [1.807, 2.05) is 0 Å². The number of rotatable bonds is 0. The first kappa shape index (κ1) is 10.9. The minimum Gasteiger partial charge on any atom is -0.382 e. The molecular formula is CH3N6O3-. The van der Waals surface area contributed by atoms with Gasteiger partial charge < -0.3 is 21.1 Å². The summed E-state index contributed by atoms with van der Waals surface area (Å²) in [6.45, 7) is 0. The Morgan fingerprint density at radius 3 is 2.10 bits per heavy atom. The highest BCUT2D eigenvalue weighted by Gasteiger charge is 1.67. The number of hydrogen-bond acceptors (Lipinski definition) is 4. The van der Waals surface area contributed by atoms with Crippen LogP contribution in [0, 0.1) is 20.7 Å². The molecule has 0 rings (SSSR count). The summed E-state index contributed by atoms with van der Waals surface area (Å²) in [6, 6.07) is 0. The molecule has 56 valence electrons. The van der Waals surface area contributed by atoms with Gasteiger partial charge in [-0.2, -0.15) is 0 Å². The van der Waals surface area contributed by atoms with Gasteiger partial charge in [0, 0.05) is 4.91 Å².